The number of hydrogen-bond donors (Lipinski definition) is 2. The molecule has 4 heteroatoms. The van der Waals surface area contributed by atoms with Gasteiger partial charge in [-0.15, -0.1) is 23.7 Å². The first kappa shape index (κ1) is 12.8. The molecule has 2 N–H and O–H groups in total. The Balaban J connectivity index is 2.33. The van der Waals surface area contributed by atoms with Gasteiger partial charge in [-0.1, -0.05) is 0 Å². The maximum absolute atomic E-state index is 10.9. The number of rotatable bonds is 6. The highest BCUT2D eigenvalue weighted by Crippen LogP contribution is 2.21. The molecule has 1 aromatic heterocycles. The lowest BCUT2D eigenvalue weighted by Crippen LogP contribution is -2.15. The standard InChI is InChI=1S/C12H16N2OS/c1-3-4-5-7-13-9-12-11(6-8-16-12)14-10(2)15/h1,6,8,13H,4-5,7,9H2,2H3,(H,14,15). The van der Waals surface area contributed by atoms with Gasteiger partial charge in [-0.05, 0) is 24.4 Å². The maximum Gasteiger partial charge on any atom is 0.221 e. The molecule has 1 rings (SSSR count). The lowest BCUT2D eigenvalue weighted by atomic mass is 10.3. The molecule has 0 saturated heterocycles. The van der Waals surface area contributed by atoms with E-state index in [2.05, 4.69) is 16.6 Å². The van der Waals surface area contributed by atoms with E-state index in [9.17, 15) is 4.79 Å². The first-order valence-corrected chi connectivity index (χ1v) is 6.10. The zero-order chi connectivity index (χ0) is 11.8. The molecule has 0 saturated carbocycles. The highest BCUT2D eigenvalue weighted by molar-refractivity contribution is 7.10. The van der Waals surface area contributed by atoms with Gasteiger partial charge in [0, 0.05) is 24.8 Å². The van der Waals surface area contributed by atoms with Crippen LogP contribution in [0.25, 0.3) is 0 Å². The van der Waals surface area contributed by atoms with Gasteiger partial charge in [-0.25, -0.2) is 0 Å². The molecule has 86 valence electrons. The summed E-state index contributed by atoms with van der Waals surface area (Å²) >= 11 is 1.64. The molecule has 0 aliphatic rings. The highest BCUT2D eigenvalue weighted by Gasteiger charge is 2.04. The third-order valence-corrected chi connectivity index (χ3v) is 2.94. The quantitative estimate of drug-likeness (QED) is 0.587. The topological polar surface area (TPSA) is 41.1 Å². The Kier molecular flexibility index (Phi) is 5.62. The third-order valence-electron chi connectivity index (χ3n) is 2.02. The molecule has 0 aliphatic heterocycles. The van der Waals surface area contributed by atoms with Crippen molar-refractivity contribution in [2.75, 3.05) is 11.9 Å². The zero-order valence-corrected chi connectivity index (χ0v) is 10.2. The molecule has 0 radical (unpaired) electrons. The normalized spacial score (nSPS) is 9.75. The number of nitrogens with one attached hydrogen (secondary N) is 2. The van der Waals surface area contributed by atoms with Crippen LogP contribution in [-0.2, 0) is 11.3 Å². The molecule has 0 atom stereocenters. The van der Waals surface area contributed by atoms with Crippen LogP contribution in [0.4, 0.5) is 5.69 Å². The van der Waals surface area contributed by atoms with E-state index in [1.54, 1.807) is 11.3 Å². The summed E-state index contributed by atoms with van der Waals surface area (Å²) in [6.07, 6.45) is 6.95. The molecule has 0 spiro atoms. The summed E-state index contributed by atoms with van der Waals surface area (Å²) < 4.78 is 0. The van der Waals surface area contributed by atoms with E-state index in [4.69, 9.17) is 6.42 Å². The average Bonchev–Trinajstić information content (AvgIpc) is 2.64. The van der Waals surface area contributed by atoms with Crippen molar-refractivity contribution in [3.05, 3.63) is 16.3 Å². The summed E-state index contributed by atoms with van der Waals surface area (Å²) in [7, 11) is 0. The Hall–Kier alpha value is -1.31. The fourth-order valence-corrected chi connectivity index (χ4v) is 2.10. The summed E-state index contributed by atoms with van der Waals surface area (Å²) in [4.78, 5) is 12.1. The van der Waals surface area contributed by atoms with Gasteiger partial charge in [-0.2, -0.15) is 0 Å². The van der Waals surface area contributed by atoms with Crippen LogP contribution in [0.2, 0.25) is 0 Å². The lowest BCUT2D eigenvalue weighted by molar-refractivity contribution is -0.114. The molecular formula is C12H16N2OS. The van der Waals surface area contributed by atoms with Crippen molar-refractivity contribution >= 4 is 22.9 Å². The number of terminal acetylenes is 1. The summed E-state index contributed by atoms with van der Waals surface area (Å²) in [6.45, 7) is 3.20. The van der Waals surface area contributed by atoms with Gasteiger partial charge in [0.2, 0.25) is 5.91 Å². The fraction of sp³-hybridized carbons (Fsp3) is 0.417. The largest absolute Gasteiger partial charge is 0.325 e. The number of hydrogen-bond acceptors (Lipinski definition) is 3. The fourth-order valence-electron chi connectivity index (χ4n) is 1.30. The number of amides is 1. The molecule has 3 nitrogen and oxygen atoms in total. The Morgan fingerprint density at radius 1 is 1.62 bits per heavy atom. The van der Waals surface area contributed by atoms with Crippen molar-refractivity contribution in [2.45, 2.75) is 26.3 Å². The zero-order valence-electron chi connectivity index (χ0n) is 9.38. The number of unbranched alkanes of at least 4 members (excludes halogenated alkanes) is 1. The molecule has 1 aromatic rings. The second-order valence-corrected chi connectivity index (χ2v) is 4.42. The van der Waals surface area contributed by atoms with Crippen LogP contribution in [0.3, 0.4) is 0 Å². The molecule has 16 heavy (non-hydrogen) atoms. The van der Waals surface area contributed by atoms with Crippen LogP contribution in [-0.4, -0.2) is 12.5 Å². The van der Waals surface area contributed by atoms with E-state index in [-0.39, 0.29) is 5.91 Å². The summed E-state index contributed by atoms with van der Waals surface area (Å²) in [5, 5.41) is 8.08. The smallest absolute Gasteiger partial charge is 0.221 e. The monoisotopic (exact) mass is 236 g/mol. The van der Waals surface area contributed by atoms with Crippen molar-refractivity contribution < 1.29 is 4.79 Å². The Labute approximate surface area is 100 Å². The van der Waals surface area contributed by atoms with Gasteiger partial charge in [0.1, 0.15) is 0 Å². The second-order valence-electron chi connectivity index (χ2n) is 3.42. The predicted octanol–water partition coefficient (Wildman–Crippen LogP) is 2.21. The lowest BCUT2D eigenvalue weighted by Gasteiger charge is -2.05. The molecule has 1 amide bonds. The predicted molar refractivity (Wildman–Crippen MR) is 68.4 cm³/mol. The van der Waals surface area contributed by atoms with Crippen LogP contribution in [0, 0.1) is 12.3 Å². The molecule has 0 fully saturated rings. The number of anilines is 1. The van der Waals surface area contributed by atoms with E-state index >= 15 is 0 Å². The number of thiophene rings is 1. The third kappa shape index (κ3) is 4.47. The van der Waals surface area contributed by atoms with E-state index < -0.39 is 0 Å². The summed E-state index contributed by atoms with van der Waals surface area (Å²) in [5.41, 5.74) is 0.905. The molecule has 1 heterocycles. The SMILES string of the molecule is C#CCCCNCc1sccc1NC(C)=O. The Morgan fingerprint density at radius 2 is 2.44 bits per heavy atom. The van der Waals surface area contributed by atoms with Crippen LogP contribution >= 0.6 is 11.3 Å². The van der Waals surface area contributed by atoms with Crippen molar-refractivity contribution in [2.24, 2.45) is 0 Å². The van der Waals surface area contributed by atoms with Crippen LogP contribution in [0.15, 0.2) is 11.4 Å². The molecule has 0 aliphatic carbocycles. The first-order chi connectivity index (χ1) is 7.74. The Bertz CT molecular complexity index is 379. The van der Waals surface area contributed by atoms with Gasteiger partial charge in [0.05, 0.1) is 5.69 Å². The Morgan fingerprint density at radius 3 is 3.12 bits per heavy atom. The van der Waals surface area contributed by atoms with Crippen LogP contribution in [0.1, 0.15) is 24.6 Å². The van der Waals surface area contributed by atoms with E-state index in [0.717, 1.165) is 36.5 Å². The molecule has 0 bridgehead atoms. The van der Waals surface area contributed by atoms with E-state index in [1.165, 1.54) is 6.92 Å². The van der Waals surface area contributed by atoms with E-state index in [0.29, 0.717) is 0 Å². The van der Waals surface area contributed by atoms with Crippen molar-refractivity contribution in [1.29, 1.82) is 0 Å². The summed E-state index contributed by atoms with van der Waals surface area (Å²) in [6, 6.07) is 1.92. The van der Waals surface area contributed by atoms with Crippen molar-refractivity contribution in [3.8, 4) is 12.3 Å². The molecular weight excluding hydrogens is 220 g/mol. The average molecular weight is 236 g/mol. The van der Waals surface area contributed by atoms with Crippen molar-refractivity contribution in [1.82, 2.24) is 5.32 Å². The first-order valence-electron chi connectivity index (χ1n) is 5.22. The minimum Gasteiger partial charge on any atom is -0.325 e. The van der Waals surface area contributed by atoms with Gasteiger partial charge in [-0.3, -0.25) is 4.79 Å². The van der Waals surface area contributed by atoms with Gasteiger partial charge in [0.15, 0.2) is 0 Å². The maximum atomic E-state index is 10.9. The number of carbonyl (C=O) groups is 1. The minimum atomic E-state index is -0.0352. The van der Waals surface area contributed by atoms with Crippen LogP contribution < -0.4 is 10.6 Å². The van der Waals surface area contributed by atoms with Gasteiger partial charge in [0.25, 0.3) is 0 Å². The summed E-state index contributed by atoms with van der Waals surface area (Å²) in [5.74, 6) is 2.57. The number of carbonyl (C=O) groups excluding carboxylic acids is 1. The molecule has 0 aromatic carbocycles. The molecule has 0 unspecified atom stereocenters. The van der Waals surface area contributed by atoms with Gasteiger partial charge < -0.3 is 10.6 Å². The second kappa shape index (κ2) is 7.04. The van der Waals surface area contributed by atoms with Crippen LogP contribution in [0.5, 0.6) is 0 Å². The van der Waals surface area contributed by atoms with Crippen molar-refractivity contribution in [3.63, 3.8) is 0 Å². The van der Waals surface area contributed by atoms with E-state index in [1.807, 2.05) is 11.4 Å². The highest BCUT2D eigenvalue weighted by atomic mass is 32.1. The minimum absolute atomic E-state index is 0.0352. The van der Waals surface area contributed by atoms with Gasteiger partial charge >= 0.3 is 0 Å².